The second-order valence-electron chi connectivity index (χ2n) is 4.92. The quantitative estimate of drug-likeness (QED) is 0.857. The Morgan fingerprint density at radius 3 is 2.63 bits per heavy atom. The minimum absolute atomic E-state index is 0.169. The van der Waals surface area contributed by atoms with Gasteiger partial charge in [0, 0.05) is 30.3 Å². The third-order valence-electron chi connectivity index (χ3n) is 3.55. The van der Waals surface area contributed by atoms with Crippen molar-refractivity contribution in [3.63, 3.8) is 0 Å². The maximum Gasteiger partial charge on any atom is 0.126 e. The Balaban J connectivity index is 2.20. The van der Waals surface area contributed by atoms with E-state index in [9.17, 15) is 8.78 Å². The summed E-state index contributed by atoms with van der Waals surface area (Å²) in [4.78, 5) is 0. The number of benzene rings is 1. The molecule has 0 saturated carbocycles. The van der Waals surface area contributed by atoms with Gasteiger partial charge in [-0.25, -0.2) is 8.78 Å². The van der Waals surface area contributed by atoms with Gasteiger partial charge in [-0.2, -0.15) is 5.10 Å². The topological polar surface area (TPSA) is 29.9 Å². The number of aryl methyl sites for hydroxylation is 1. The molecule has 2 aromatic rings. The van der Waals surface area contributed by atoms with Crippen LogP contribution in [0.5, 0.6) is 0 Å². The zero-order valence-corrected chi connectivity index (χ0v) is 10.9. The lowest BCUT2D eigenvalue weighted by atomic mass is 9.97. The number of halogens is 2. The molecule has 2 heterocycles. The minimum atomic E-state index is -0.563. The first-order valence-corrected chi connectivity index (χ1v) is 6.32. The van der Waals surface area contributed by atoms with E-state index in [1.807, 2.05) is 14.0 Å². The summed E-state index contributed by atoms with van der Waals surface area (Å²) in [5.74, 6) is -1.13. The molecule has 0 unspecified atom stereocenters. The molecule has 1 aliphatic rings. The molecule has 0 spiro atoms. The molecule has 5 heteroatoms. The SMILES string of the molecule is C[C@H]1NCCc2c1nn(C)c2-c1cc(F)cc(F)c1. The Morgan fingerprint density at radius 1 is 1.26 bits per heavy atom. The van der Waals surface area contributed by atoms with Gasteiger partial charge in [0.25, 0.3) is 0 Å². The van der Waals surface area contributed by atoms with Crippen molar-refractivity contribution in [3.05, 3.63) is 41.1 Å². The molecular formula is C14H15F2N3. The number of fused-ring (bicyclic) bond motifs is 1. The summed E-state index contributed by atoms with van der Waals surface area (Å²) in [6.07, 6.45) is 0.820. The van der Waals surface area contributed by atoms with Crippen LogP contribution in [0.25, 0.3) is 11.3 Å². The molecule has 100 valence electrons. The maximum atomic E-state index is 13.4. The lowest BCUT2D eigenvalue weighted by Gasteiger charge is -2.19. The van der Waals surface area contributed by atoms with Crippen molar-refractivity contribution in [1.82, 2.24) is 15.1 Å². The molecule has 0 bridgehead atoms. The smallest absolute Gasteiger partial charge is 0.126 e. The van der Waals surface area contributed by atoms with Crippen LogP contribution < -0.4 is 5.32 Å². The predicted octanol–water partition coefficient (Wildman–Crippen LogP) is 2.57. The monoisotopic (exact) mass is 263 g/mol. The molecule has 3 nitrogen and oxygen atoms in total. The van der Waals surface area contributed by atoms with Crippen LogP contribution in [0.3, 0.4) is 0 Å². The second-order valence-corrected chi connectivity index (χ2v) is 4.92. The average molecular weight is 263 g/mol. The number of rotatable bonds is 1. The Bertz CT molecular complexity index is 614. The predicted molar refractivity (Wildman–Crippen MR) is 68.7 cm³/mol. The molecule has 1 aromatic carbocycles. The normalized spacial score (nSPS) is 18.4. The van der Waals surface area contributed by atoms with E-state index < -0.39 is 11.6 Å². The van der Waals surface area contributed by atoms with Crippen LogP contribution in [0.15, 0.2) is 18.2 Å². The Hall–Kier alpha value is -1.75. The standard InChI is InChI=1S/C14H15F2N3/c1-8-13-12(3-4-17-8)14(19(2)18-13)9-5-10(15)7-11(16)6-9/h5-8,17H,3-4H2,1-2H3/t8-/m1/s1. The Kier molecular flexibility index (Phi) is 2.86. The molecular weight excluding hydrogens is 248 g/mol. The van der Waals surface area contributed by atoms with Crippen molar-refractivity contribution in [2.75, 3.05) is 6.54 Å². The van der Waals surface area contributed by atoms with E-state index in [4.69, 9.17) is 0 Å². The van der Waals surface area contributed by atoms with E-state index in [0.29, 0.717) is 5.56 Å². The molecule has 0 radical (unpaired) electrons. The Morgan fingerprint density at radius 2 is 1.95 bits per heavy atom. The van der Waals surface area contributed by atoms with Crippen LogP contribution in [0, 0.1) is 11.6 Å². The lowest BCUT2D eigenvalue weighted by molar-refractivity contribution is 0.525. The zero-order chi connectivity index (χ0) is 13.6. The third-order valence-corrected chi connectivity index (χ3v) is 3.55. The van der Waals surface area contributed by atoms with Crippen molar-refractivity contribution in [2.24, 2.45) is 7.05 Å². The highest BCUT2D eigenvalue weighted by atomic mass is 19.1. The number of hydrogen-bond acceptors (Lipinski definition) is 2. The number of nitrogens with zero attached hydrogens (tertiary/aromatic N) is 2. The van der Waals surface area contributed by atoms with Gasteiger partial charge in [0.15, 0.2) is 0 Å². The van der Waals surface area contributed by atoms with Crippen molar-refractivity contribution in [2.45, 2.75) is 19.4 Å². The van der Waals surface area contributed by atoms with Crippen LogP contribution >= 0.6 is 0 Å². The number of hydrogen-bond donors (Lipinski definition) is 1. The zero-order valence-electron chi connectivity index (χ0n) is 10.9. The van der Waals surface area contributed by atoms with Crippen LogP contribution in [-0.4, -0.2) is 16.3 Å². The summed E-state index contributed by atoms with van der Waals surface area (Å²) < 4.78 is 28.5. The second kappa shape index (κ2) is 4.42. The highest BCUT2D eigenvalue weighted by molar-refractivity contribution is 5.65. The van der Waals surface area contributed by atoms with Crippen LogP contribution in [0.2, 0.25) is 0 Å². The van der Waals surface area contributed by atoms with Crippen molar-refractivity contribution < 1.29 is 8.78 Å². The highest BCUT2D eigenvalue weighted by Gasteiger charge is 2.25. The summed E-state index contributed by atoms with van der Waals surface area (Å²) >= 11 is 0. The van der Waals surface area contributed by atoms with Crippen LogP contribution in [0.4, 0.5) is 8.78 Å². The fourth-order valence-electron chi connectivity index (χ4n) is 2.74. The molecule has 1 aromatic heterocycles. The van der Waals surface area contributed by atoms with E-state index >= 15 is 0 Å². The first-order valence-electron chi connectivity index (χ1n) is 6.32. The summed E-state index contributed by atoms with van der Waals surface area (Å²) in [5, 5.41) is 7.81. The molecule has 19 heavy (non-hydrogen) atoms. The van der Waals surface area contributed by atoms with E-state index in [1.165, 1.54) is 12.1 Å². The largest absolute Gasteiger partial charge is 0.308 e. The molecule has 1 N–H and O–H groups in total. The molecule has 0 amide bonds. The average Bonchev–Trinajstić information content (AvgIpc) is 2.65. The molecule has 0 saturated heterocycles. The van der Waals surface area contributed by atoms with Gasteiger partial charge >= 0.3 is 0 Å². The van der Waals surface area contributed by atoms with Gasteiger partial charge in [-0.15, -0.1) is 0 Å². The summed E-state index contributed by atoms with van der Waals surface area (Å²) in [6.45, 7) is 2.89. The molecule has 3 rings (SSSR count). The van der Waals surface area contributed by atoms with Gasteiger partial charge in [0.1, 0.15) is 11.6 Å². The van der Waals surface area contributed by atoms with Gasteiger partial charge in [-0.1, -0.05) is 0 Å². The number of aromatic nitrogens is 2. The van der Waals surface area contributed by atoms with Gasteiger partial charge in [0.05, 0.1) is 11.4 Å². The third kappa shape index (κ3) is 2.04. The van der Waals surface area contributed by atoms with Gasteiger partial charge < -0.3 is 5.32 Å². The lowest BCUT2D eigenvalue weighted by Crippen LogP contribution is -2.27. The van der Waals surface area contributed by atoms with Gasteiger partial charge in [-0.05, 0) is 32.0 Å². The van der Waals surface area contributed by atoms with E-state index in [-0.39, 0.29) is 6.04 Å². The first kappa shape index (κ1) is 12.3. The van der Waals surface area contributed by atoms with Gasteiger partial charge in [0.2, 0.25) is 0 Å². The maximum absolute atomic E-state index is 13.4. The van der Waals surface area contributed by atoms with Crippen molar-refractivity contribution >= 4 is 0 Å². The first-order chi connectivity index (χ1) is 9.06. The van der Waals surface area contributed by atoms with E-state index in [0.717, 1.165) is 36.0 Å². The summed E-state index contributed by atoms with van der Waals surface area (Å²) in [6, 6.07) is 3.76. The van der Waals surface area contributed by atoms with Gasteiger partial charge in [-0.3, -0.25) is 4.68 Å². The summed E-state index contributed by atoms with van der Waals surface area (Å²) in [7, 11) is 1.81. The molecule has 1 aliphatic heterocycles. The fourth-order valence-corrected chi connectivity index (χ4v) is 2.74. The number of nitrogens with one attached hydrogen (secondary N) is 1. The van der Waals surface area contributed by atoms with Crippen LogP contribution in [-0.2, 0) is 13.5 Å². The van der Waals surface area contributed by atoms with Crippen molar-refractivity contribution in [1.29, 1.82) is 0 Å². The van der Waals surface area contributed by atoms with E-state index in [1.54, 1.807) is 4.68 Å². The summed E-state index contributed by atoms with van der Waals surface area (Å²) in [5.41, 5.74) is 3.40. The fraction of sp³-hybridized carbons (Fsp3) is 0.357. The highest BCUT2D eigenvalue weighted by Crippen LogP contribution is 2.32. The molecule has 0 aliphatic carbocycles. The Labute approximate surface area is 110 Å². The minimum Gasteiger partial charge on any atom is -0.308 e. The molecule has 0 fully saturated rings. The van der Waals surface area contributed by atoms with Crippen LogP contribution in [0.1, 0.15) is 24.2 Å². The van der Waals surface area contributed by atoms with Crippen molar-refractivity contribution in [3.8, 4) is 11.3 Å². The molecule has 1 atom stereocenters. The van der Waals surface area contributed by atoms with E-state index in [2.05, 4.69) is 10.4 Å².